The first-order valence-corrected chi connectivity index (χ1v) is 8.62. The highest BCUT2D eigenvalue weighted by Gasteiger charge is 2.52. The number of benzene rings is 1. The highest BCUT2D eigenvalue weighted by Crippen LogP contribution is 2.39. The van der Waals surface area contributed by atoms with Crippen molar-refractivity contribution in [1.82, 2.24) is 4.90 Å². The van der Waals surface area contributed by atoms with Crippen LogP contribution >= 0.6 is 11.6 Å². The Morgan fingerprint density at radius 1 is 1.12 bits per heavy atom. The largest absolute Gasteiger partial charge is 0.480 e. The number of hydrogen-bond donors (Lipinski definition) is 1. The first-order valence-electron chi connectivity index (χ1n) is 8.19. The summed E-state index contributed by atoms with van der Waals surface area (Å²) in [4.78, 5) is 26.6. The minimum Gasteiger partial charge on any atom is -0.480 e. The smallest absolute Gasteiger partial charge is 0.325 e. The van der Waals surface area contributed by atoms with Crippen molar-refractivity contribution in [3.63, 3.8) is 0 Å². The number of rotatable bonds is 3. The van der Waals surface area contributed by atoms with Crippen LogP contribution in [0.5, 0.6) is 0 Å². The number of allylic oxidation sites excluding steroid dienone is 3. The van der Waals surface area contributed by atoms with Gasteiger partial charge in [-0.2, -0.15) is 0 Å². The number of nitrogens with zero attached hydrogens (tertiary/aromatic N) is 1. The quantitative estimate of drug-likeness (QED) is 0.675. The fourth-order valence-corrected chi connectivity index (χ4v) is 3.70. The molecule has 0 aromatic heterocycles. The molecule has 1 aliphatic carbocycles. The molecule has 0 saturated carbocycles. The number of alkyl halides is 1. The summed E-state index contributed by atoms with van der Waals surface area (Å²) in [7, 11) is 0. The highest BCUT2D eigenvalue weighted by molar-refractivity contribution is 6.28. The average Bonchev–Trinajstić information content (AvgIpc) is 2.62. The Morgan fingerprint density at radius 3 is 2.38 bits per heavy atom. The molecule has 1 aromatic carbocycles. The lowest BCUT2D eigenvalue weighted by atomic mass is 9.77. The summed E-state index contributed by atoms with van der Waals surface area (Å²) in [6, 6.07) is 9.59. The van der Waals surface area contributed by atoms with Gasteiger partial charge in [-0.3, -0.25) is 9.59 Å². The summed E-state index contributed by atoms with van der Waals surface area (Å²) in [5.74, 6) is -1.60. The van der Waals surface area contributed by atoms with Gasteiger partial charge in [0.25, 0.3) is 0 Å². The predicted octanol–water partition coefficient (Wildman–Crippen LogP) is 3.33. The normalized spacial score (nSPS) is 26.8. The van der Waals surface area contributed by atoms with E-state index in [1.807, 2.05) is 30.3 Å². The second-order valence-electron chi connectivity index (χ2n) is 6.25. The number of hydrogen-bond acceptors (Lipinski definition) is 2. The number of amides is 1. The second-order valence-corrected chi connectivity index (χ2v) is 6.72. The van der Waals surface area contributed by atoms with Gasteiger partial charge >= 0.3 is 5.97 Å². The van der Waals surface area contributed by atoms with E-state index in [2.05, 4.69) is 0 Å². The van der Waals surface area contributed by atoms with E-state index in [9.17, 15) is 14.7 Å². The first-order chi connectivity index (χ1) is 11.6. The molecule has 2 atom stereocenters. The fraction of sp³-hybridized carbons (Fsp3) is 0.368. The summed E-state index contributed by atoms with van der Waals surface area (Å²) in [5.41, 5.74) is 0.0553. The molecule has 1 aromatic rings. The van der Waals surface area contributed by atoms with Crippen LogP contribution in [0.3, 0.4) is 0 Å². The van der Waals surface area contributed by atoms with Crippen molar-refractivity contribution in [1.29, 1.82) is 0 Å². The third kappa shape index (κ3) is 2.86. The average molecular weight is 346 g/mol. The van der Waals surface area contributed by atoms with Crippen LogP contribution in [0.1, 0.15) is 24.8 Å². The number of aliphatic carboxylic acids is 1. The van der Waals surface area contributed by atoms with E-state index >= 15 is 0 Å². The molecule has 0 bridgehead atoms. The van der Waals surface area contributed by atoms with Crippen LogP contribution in [0.4, 0.5) is 0 Å². The standard InChI is InChI=1S/C19H20ClNO3/c20-16-13-15(14-7-3-1-4-8-14)9-10-19(16,18(23)24)17(22)21-11-5-2-6-12-21/h1,3-4,7-10,13,16H,2,5-6,11-12H2,(H,23,24). The summed E-state index contributed by atoms with van der Waals surface area (Å²) >= 11 is 6.44. The molecule has 0 spiro atoms. The minimum absolute atomic E-state index is 0.408. The van der Waals surface area contributed by atoms with Gasteiger partial charge in [0.1, 0.15) is 0 Å². The molecule has 1 N–H and O–H groups in total. The molecule has 1 fully saturated rings. The van der Waals surface area contributed by atoms with Gasteiger partial charge in [-0.15, -0.1) is 11.6 Å². The van der Waals surface area contributed by atoms with Gasteiger partial charge in [-0.25, -0.2) is 0 Å². The van der Waals surface area contributed by atoms with Gasteiger partial charge < -0.3 is 10.0 Å². The van der Waals surface area contributed by atoms with Crippen LogP contribution in [0.25, 0.3) is 5.57 Å². The predicted molar refractivity (Wildman–Crippen MR) is 93.7 cm³/mol. The molecular weight excluding hydrogens is 326 g/mol. The fourth-order valence-electron chi connectivity index (χ4n) is 3.31. The van der Waals surface area contributed by atoms with Gasteiger partial charge in [-0.1, -0.05) is 48.6 Å². The summed E-state index contributed by atoms with van der Waals surface area (Å²) in [6.07, 6.45) is 7.72. The lowest BCUT2D eigenvalue weighted by molar-refractivity contribution is -0.157. The molecule has 2 unspecified atom stereocenters. The Balaban J connectivity index is 1.92. The molecule has 2 aliphatic rings. The van der Waals surface area contributed by atoms with E-state index in [4.69, 9.17) is 11.6 Å². The van der Waals surface area contributed by atoms with Gasteiger partial charge in [0.2, 0.25) is 5.91 Å². The maximum Gasteiger partial charge on any atom is 0.325 e. The number of carbonyl (C=O) groups is 2. The Bertz CT molecular complexity index is 692. The SMILES string of the molecule is O=C(O)C1(C(=O)N2CCCCC2)C=CC(c2ccccc2)=CC1Cl. The molecule has 0 radical (unpaired) electrons. The summed E-state index contributed by atoms with van der Waals surface area (Å²) in [6.45, 7) is 1.20. The van der Waals surface area contributed by atoms with E-state index in [1.165, 1.54) is 6.08 Å². The van der Waals surface area contributed by atoms with Gasteiger partial charge in [-0.05, 0) is 30.4 Å². The van der Waals surface area contributed by atoms with Crippen molar-refractivity contribution >= 4 is 29.1 Å². The molecule has 1 heterocycles. The van der Waals surface area contributed by atoms with Crippen LogP contribution in [-0.4, -0.2) is 40.3 Å². The highest BCUT2D eigenvalue weighted by atomic mass is 35.5. The Hall–Kier alpha value is -2.07. The Morgan fingerprint density at radius 2 is 1.79 bits per heavy atom. The van der Waals surface area contributed by atoms with Crippen molar-refractivity contribution in [3.05, 3.63) is 54.1 Å². The van der Waals surface area contributed by atoms with Crippen molar-refractivity contribution in [3.8, 4) is 0 Å². The van der Waals surface area contributed by atoms with E-state index in [-0.39, 0.29) is 0 Å². The maximum absolute atomic E-state index is 13.0. The van der Waals surface area contributed by atoms with Crippen LogP contribution in [0.15, 0.2) is 48.6 Å². The number of carbonyl (C=O) groups excluding carboxylic acids is 1. The third-order valence-electron chi connectivity index (χ3n) is 4.74. The topological polar surface area (TPSA) is 57.6 Å². The molecule has 24 heavy (non-hydrogen) atoms. The van der Waals surface area contributed by atoms with Crippen LogP contribution in [0.2, 0.25) is 0 Å². The van der Waals surface area contributed by atoms with Crippen molar-refractivity contribution in [2.75, 3.05) is 13.1 Å². The zero-order chi connectivity index (χ0) is 17.2. The zero-order valence-corrected chi connectivity index (χ0v) is 14.1. The number of carboxylic acids is 1. The van der Waals surface area contributed by atoms with Gasteiger partial charge in [0.05, 0.1) is 5.38 Å². The maximum atomic E-state index is 13.0. The molecule has 126 valence electrons. The number of carboxylic acid groups (broad SMARTS) is 1. The minimum atomic E-state index is -1.73. The molecular formula is C19H20ClNO3. The first kappa shape index (κ1) is 16.8. The second kappa shape index (κ2) is 6.81. The number of halogens is 1. The van der Waals surface area contributed by atoms with Crippen LogP contribution < -0.4 is 0 Å². The number of piperidine rings is 1. The van der Waals surface area contributed by atoms with Crippen molar-refractivity contribution in [2.24, 2.45) is 5.41 Å². The van der Waals surface area contributed by atoms with E-state index < -0.39 is 22.7 Å². The summed E-state index contributed by atoms with van der Waals surface area (Å²) in [5, 5.41) is 8.88. The Labute approximate surface area is 146 Å². The van der Waals surface area contributed by atoms with Gasteiger partial charge in [0, 0.05) is 13.1 Å². The lowest BCUT2D eigenvalue weighted by Gasteiger charge is -2.37. The summed E-state index contributed by atoms with van der Waals surface area (Å²) < 4.78 is 0. The molecule has 4 nitrogen and oxygen atoms in total. The van der Waals surface area contributed by atoms with E-state index in [0.717, 1.165) is 30.4 Å². The monoisotopic (exact) mass is 345 g/mol. The van der Waals surface area contributed by atoms with Crippen molar-refractivity contribution < 1.29 is 14.7 Å². The molecule has 1 amide bonds. The molecule has 1 saturated heterocycles. The molecule has 3 rings (SSSR count). The van der Waals surface area contributed by atoms with E-state index in [0.29, 0.717) is 13.1 Å². The lowest BCUT2D eigenvalue weighted by Crippen LogP contribution is -2.54. The Kier molecular flexibility index (Phi) is 4.76. The van der Waals surface area contributed by atoms with Gasteiger partial charge in [0.15, 0.2) is 5.41 Å². The van der Waals surface area contributed by atoms with E-state index in [1.54, 1.807) is 17.1 Å². The molecule has 1 aliphatic heterocycles. The number of likely N-dealkylation sites (tertiary alicyclic amines) is 1. The zero-order valence-electron chi connectivity index (χ0n) is 13.3. The van der Waals surface area contributed by atoms with Crippen LogP contribution in [-0.2, 0) is 9.59 Å². The van der Waals surface area contributed by atoms with Crippen LogP contribution in [0, 0.1) is 5.41 Å². The molecule has 5 heteroatoms. The third-order valence-corrected chi connectivity index (χ3v) is 5.22. The van der Waals surface area contributed by atoms with Crippen molar-refractivity contribution in [2.45, 2.75) is 24.6 Å².